The van der Waals surface area contributed by atoms with E-state index in [2.05, 4.69) is 48.5 Å². The molecule has 1 aromatic rings. The molecular weight excluding hydrogens is 236 g/mol. The van der Waals surface area contributed by atoms with Crippen molar-refractivity contribution in [1.29, 1.82) is 0 Å². The fourth-order valence-corrected chi connectivity index (χ4v) is 2.66. The molecule has 1 heterocycles. The van der Waals surface area contributed by atoms with Crippen molar-refractivity contribution < 1.29 is 4.74 Å². The van der Waals surface area contributed by atoms with E-state index in [1.165, 1.54) is 30.5 Å². The molecule has 1 saturated heterocycles. The van der Waals surface area contributed by atoms with E-state index in [1.807, 2.05) is 0 Å². The van der Waals surface area contributed by atoms with Crippen LogP contribution in [0.25, 0.3) is 0 Å². The van der Waals surface area contributed by atoms with Crippen molar-refractivity contribution in [3.63, 3.8) is 0 Å². The second-order valence-corrected chi connectivity index (χ2v) is 5.68. The smallest absolute Gasteiger partial charge is 0.0713 e. The van der Waals surface area contributed by atoms with Crippen molar-refractivity contribution in [3.05, 3.63) is 35.4 Å². The molecule has 106 valence electrons. The Morgan fingerprint density at radius 3 is 2.58 bits per heavy atom. The normalized spacial score (nSPS) is 24.6. The summed E-state index contributed by atoms with van der Waals surface area (Å²) in [6, 6.07) is 10.0. The van der Waals surface area contributed by atoms with Crippen LogP contribution >= 0.6 is 0 Å². The maximum Gasteiger partial charge on any atom is 0.0713 e. The third-order valence-corrected chi connectivity index (χ3v) is 4.14. The van der Waals surface area contributed by atoms with Gasteiger partial charge in [0.05, 0.1) is 6.61 Å². The van der Waals surface area contributed by atoms with Crippen molar-refractivity contribution in [2.45, 2.75) is 45.0 Å². The molecule has 0 saturated carbocycles. The van der Waals surface area contributed by atoms with E-state index in [1.54, 1.807) is 7.11 Å². The Morgan fingerprint density at radius 2 is 1.95 bits per heavy atom. The van der Waals surface area contributed by atoms with Crippen LogP contribution in [-0.4, -0.2) is 37.7 Å². The molecule has 1 aliphatic rings. The third-order valence-electron chi connectivity index (χ3n) is 4.14. The average Bonchev–Trinajstić information content (AvgIpc) is 2.42. The molecule has 0 bridgehead atoms. The maximum absolute atomic E-state index is 5.12. The van der Waals surface area contributed by atoms with Gasteiger partial charge in [0, 0.05) is 25.7 Å². The average molecular weight is 262 g/mol. The van der Waals surface area contributed by atoms with E-state index in [4.69, 9.17) is 4.74 Å². The highest BCUT2D eigenvalue weighted by atomic mass is 16.5. The lowest BCUT2D eigenvalue weighted by Crippen LogP contribution is -2.45. The molecule has 0 radical (unpaired) electrons. The van der Waals surface area contributed by atoms with Crippen molar-refractivity contribution in [2.75, 3.05) is 20.7 Å². The number of methoxy groups -OCH3 is 1. The number of piperidine rings is 1. The molecule has 0 aromatic heterocycles. The SMILES string of the molecule is COCc1ccc(CNC2CCN(C)C(C)C2)cc1. The van der Waals surface area contributed by atoms with E-state index in [-0.39, 0.29) is 0 Å². The largest absolute Gasteiger partial charge is 0.380 e. The van der Waals surface area contributed by atoms with Crippen LogP contribution in [0.15, 0.2) is 24.3 Å². The van der Waals surface area contributed by atoms with Gasteiger partial charge in [-0.15, -0.1) is 0 Å². The van der Waals surface area contributed by atoms with Crippen molar-refractivity contribution >= 4 is 0 Å². The summed E-state index contributed by atoms with van der Waals surface area (Å²) in [6.07, 6.45) is 2.50. The van der Waals surface area contributed by atoms with Gasteiger partial charge in [0.25, 0.3) is 0 Å². The molecule has 0 spiro atoms. The quantitative estimate of drug-likeness (QED) is 0.882. The lowest BCUT2D eigenvalue weighted by atomic mass is 9.98. The van der Waals surface area contributed by atoms with E-state index in [0.29, 0.717) is 18.7 Å². The Labute approximate surface area is 116 Å². The zero-order valence-corrected chi connectivity index (χ0v) is 12.4. The van der Waals surface area contributed by atoms with Gasteiger partial charge >= 0.3 is 0 Å². The number of nitrogens with one attached hydrogen (secondary N) is 1. The summed E-state index contributed by atoms with van der Waals surface area (Å²) < 4.78 is 5.12. The highest BCUT2D eigenvalue weighted by Gasteiger charge is 2.21. The zero-order valence-electron chi connectivity index (χ0n) is 12.4. The number of rotatable bonds is 5. The predicted molar refractivity (Wildman–Crippen MR) is 79.1 cm³/mol. The molecule has 2 unspecified atom stereocenters. The summed E-state index contributed by atoms with van der Waals surface area (Å²) in [5.41, 5.74) is 2.59. The van der Waals surface area contributed by atoms with Gasteiger partial charge in [0.15, 0.2) is 0 Å². The second-order valence-electron chi connectivity index (χ2n) is 5.68. The first-order valence-electron chi connectivity index (χ1n) is 7.19. The molecule has 1 N–H and O–H groups in total. The summed E-state index contributed by atoms with van der Waals surface area (Å²) in [5, 5.41) is 3.68. The van der Waals surface area contributed by atoms with Gasteiger partial charge < -0.3 is 15.0 Å². The number of likely N-dealkylation sites (tertiary alicyclic amines) is 1. The zero-order chi connectivity index (χ0) is 13.7. The number of ether oxygens (including phenoxy) is 1. The monoisotopic (exact) mass is 262 g/mol. The summed E-state index contributed by atoms with van der Waals surface area (Å²) >= 11 is 0. The Kier molecular flexibility index (Phi) is 5.37. The number of nitrogens with zero attached hydrogens (tertiary/aromatic N) is 1. The fraction of sp³-hybridized carbons (Fsp3) is 0.625. The van der Waals surface area contributed by atoms with Crippen LogP contribution in [0.4, 0.5) is 0 Å². The van der Waals surface area contributed by atoms with Gasteiger partial charge in [-0.3, -0.25) is 0 Å². The van der Waals surface area contributed by atoms with Gasteiger partial charge in [0.2, 0.25) is 0 Å². The molecule has 2 rings (SSSR count). The lowest BCUT2D eigenvalue weighted by molar-refractivity contribution is 0.168. The molecule has 1 fully saturated rings. The fourth-order valence-electron chi connectivity index (χ4n) is 2.66. The molecule has 3 heteroatoms. The maximum atomic E-state index is 5.12. The molecule has 0 aliphatic carbocycles. The highest BCUT2D eigenvalue weighted by Crippen LogP contribution is 2.16. The minimum Gasteiger partial charge on any atom is -0.380 e. The van der Waals surface area contributed by atoms with Gasteiger partial charge in [-0.1, -0.05) is 24.3 Å². The Balaban J connectivity index is 1.79. The van der Waals surface area contributed by atoms with Crippen molar-refractivity contribution in [3.8, 4) is 0 Å². The first kappa shape index (κ1) is 14.5. The van der Waals surface area contributed by atoms with E-state index in [9.17, 15) is 0 Å². The predicted octanol–water partition coefficient (Wildman–Crippen LogP) is 2.41. The Bertz CT molecular complexity index is 377. The van der Waals surface area contributed by atoms with Crippen molar-refractivity contribution in [1.82, 2.24) is 10.2 Å². The van der Waals surface area contributed by atoms with Crippen LogP contribution in [0, 0.1) is 0 Å². The molecule has 0 amide bonds. The second kappa shape index (κ2) is 7.04. The Morgan fingerprint density at radius 1 is 1.26 bits per heavy atom. The first-order chi connectivity index (χ1) is 9.19. The van der Waals surface area contributed by atoms with Gasteiger partial charge in [-0.2, -0.15) is 0 Å². The number of hydrogen-bond donors (Lipinski definition) is 1. The standard InChI is InChI=1S/C16H26N2O/c1-13-10-16(8-9-18(13)2)17-11-14-4-6-15(7-5-14)12-19-3/h4-7,13,16-17H,8-12H2,1-3H3. The molecule has 19 heavy (non-hydrogen) atoms. The summed E-state index contributed by atoms with van der Waals surface area (Å²) in [5.74, 6) is 0. The summed E-state index contributed by atoms with van der Waals surface area (Å²) in [4.78, 5) is 2.44. The van der Waals surface area contributed by atoms with E-state index >= 15 is 0 Å². The minimum absolute atomic E-state index is 0.657. The van der Waals surface area contributed by atoms with Gasteiger partial charge in [0.1, 0.15) is 0 Å². The number of benzene rings is 1. The summed E-state index contributed by atoms with van der Waals surface area (Å²) in [7, 11) is 3.95. The molecule has 1 aliphatic heterocycles. The highest BCUT2D eigenvalue weighted by molar-refractivity contribution is 5.22. The van der Waals surface area contributed by atoms with Crippen LogP contribution in [0.1, 0.15) is 30.9 Å². The topological polar surface area (TPSA) is 24.5 Å². The third kappa shape index (κ3) is 4.30. The van der Waals surface area contributed by atoms with Crippen LogP contribution in [0.5, 0.6) is 0 Å². The lowest BCUT2D eigenvalue weighted by Gasteiger charge is -2.35. The van der Waals surface area contributed by atoms with Crippen LogP contribution < -0.4 is 5.32 Å². The molecular formula is C16H26N2O. The first-order valence-corrected chi connectivity index (χ1v) is 7.19. The van der Waals surface area contributed by atoms with Crippen LogP contribution in [-0.2, 0) is 17.9 Å². The minimum atomic E-state index is 0.657. The van der Waals surface area contributed by atoms with Gasteiger partial charge in [-0.05, 0) is 44.5 Å². The van der Waals surface area contributed by atoms with Gasteiger partial charge in [-0.25, -0.2) is 0 Å². The van der Waals surface area contributed by atoms with Crippen LogP contribution in [0.2, 0.25) is 0 Å². The van der Waals surface area contributed by atoms with E-state index in [0.717, 1.165) is 6.54 Å². The molecule has 2 atom stereocenters. The van der Waals surface area contributed by atoms with E-state index < -0.39 is 0 Å². The Hall–Kier alpha value is -0.900. The molecule has 1 aromatic carbocycles. The van der Waals surface area contributed by atoms with Crippen LogP contribution in [0.3, 0.4) is 0 Å². The number of hydrogen-bond acceptors (Lipinski definition) is 3. The summed E-state index contributed by atoms with van der Waals surface area (Å²) in [6.45, 7) is 5.17. The molecule has 3 nitrogen and oxygen atoms in total. The van der Waals surface area contributed by atoms with Crippen molar-refractivity contribution in [2.24, 2.45) is 0 Å².